The minimum absolute atomic E-state index is 0.644. The molecule has 0 saturated carbocycles. The third kappa shape index (κ3) is 5.01. The Bertz CT molecular complexity index is 929. The molecule has 1 aliphatic rings. The normalized spacial score (nSPS) is 15.0. The molecule has 0 spiro atoms. The van der Waals surface area contributed by atoms with Crippen LogP contribution in [0.15, 0.2) is 53.6 Å². The summed E-state index contributed by atoms with van der Waals surface area (Å²) in [6.45, 7) is 6.92. The maximum Gasteiger partial charge on any atom is 0.144 e. The van der Waals surface area contributed by atoms with E-state index in [2.05, 4.69) is 36.1 Å². The first-order valence-electron chi connectivity index (χ1n) is 9.66. The van der Waals surface area contributed by atoms with E-state index < -0.39 is 0 Å². The number of hydrogen-bond acceptors (Lipinski definition) is 6. The number of thioether (sulfide) groups is 1. The van der Waals surface area contributed by atoms with Crippen LogP contribution in [-0.4, -0.2) is 53.5 Å². The molecule has 146 valence electrons. The SMILES string of the molecule is Cc1cccc(OCCSc2nc(CN3CCOCC3)nc3ccccc23)c1. The highest BCUT2D eigenvalue weighted by Crippen LogP contribution is 2.26. The van der Waals surface area contributed by atoms with Crippen molar-refractivity contribution in [1.82, 2.24) is 14.9 Å². The monoisotopic (exact) mass is 395 g/mol. The first-order valence-corrected chi connectivity index (χ1v) is 10.6. The highest BCUT2D eigenvalue weighted by atomic mass is 32.2. The van der Waals surface area contributed by atoms with E-state index in [1.54, 1.807) is 11.8 Å². The van der Waals surface area contributed by atoms with Gasteiger partial charge in [0.15, 0.2) is 0 Å². The van der Waals surface area contributed by atoms with Gasteiger partial charge in [0.05, 0.1) is 31.9 Å². The van der Waals surface area contributed by atoms with E-state index in [1.165, 1.54) is 5.56 Å². The summed E-state index contributed by atoms with van der Waals surface area (Å²) in [6.07, 6.45) is 0. The van der Waals surface area contributed by atoms with Crippen molar-refractivity contribution in [2.75, 3.05) is 38.7 Å². The minimum atomic E-state index is 0.644. The van der Waals surface area contributed by atoms with Crippen molar-refractivity contribution < 1.29 is 9.47 Å². The zero-order chi connectivity index (χ0) is 19.2. The first-order chi connectivity index (χ1) is 13.8. The molecule has 1 aliphatic heterocycles. The van der Waals surface area contributed by atoms with E-state index in [0.717, 1.165) is 66.1 Å². The predicted molar refractivity (Wildman–Crippen MR) is 113 cm³/mol. The van der Waals surface area contributed by atoms with Crippen LogP contribution in [0.2, 0.25) is 0 Å². The summed E-state index contributed by atoms with van der Waals surface area (Å²) in [4.78, 5) is 12.0. The van der Waals surface area contributed by atoms with Crippen molar-refractivity contribution in [3.63, 3.8) is 0 Å². The molecular weight excluding hydrogens is 370 g/mol. The van der Waals surface area contributed by atoms with Crippen molar-refractivity contribution in [3.05, 3.63) is 59.9 Å². The largest absolute Gasteiger partial charge is 0.493 e. The van der Waals surface area contributed by atoms with Gasteiger partial charge < -0.3 is 9.47 Å². The summed E-state index contributed by atoms with van der Waals surface area (Å²) in [5.41, 5.74) is 2.21. The Kier molecular flexibility index (Phi) is 6.41. The molecule has 0 aliphatic carbocycles. The van der Waals surface area contributed by atoms with E-state index in [4.69, 9.17) is 19.4 Å². The van der Waals surface area contributed by atoms with E-state index in [1.807, 2.05) is 24.3 Å². The van der Waals surface area contributed by atoms with Crippen LogP contribution in [0, 0.1) is 6.92 Å². The lowest BCUT2D eigenvalue weighted by Gasteiger charge is -2.25. The van der Waals surface area contributed by atoms with Crippen molar-refractivity contribution in [2.24, 2.45) is 0 Å². The summed E-state index contributed by atoms with van der Waals surface area (Å²) in [6, 6.07) is 16.4. The van der Waals surface area contributed by atoms with Gasteiger partial charge in [-0.1, -0.05) is 30.3 Å². The Morgan fingerprint density at radius 3 is 2.79 bits per heavy atom. The molecule has 2 heterocycles. The lowest BCUT2D eigenvalue weighted by Crippen LogP contribution is -2.36. The number of morpholine rings is 1. The lowest BCUT2D eigenvalue weighted by molar-refractivity contribution is 0.0330. The molecule has 0 radical (unpaired) electrons. The van der Waals surface area contributed by atoms with Gasteiger partial charge in [0.1, 0.15) is 16.6 Å². The van der Waals surface area contributed by atoms with Crippen molar-refractivity contribution >= 4 is 22.7 Å². The molecule has 0 N–H and O–H groups in total. The second-order valence-electron chi connectivity index (χ2n) is 6.86. The Labute approximate surface area is 170 Å². The smallest absolute Gasteiger partial charge is 0.144 e. The van der Waals surface area contributed by atoms with E-state index in [-0.39, 0.29) is 0 Å². The standard InChI is InChI=1S/C22H25N3O2S/c1-17-5-4-6-18(15-17)27-13-14-28-22-19-7-2-3-8-20(19)23-21(24-22)16-25-9-11-26-12-10-25/h2-8,15H,9-14,16H2,1H3. The number of aromatic nitrogens is 2. The van der Waals surface area contributed by atoms with Gasteiger partial charge in [-0.25, -0.2) is 9.97 Å². The average molecular weight is 396 g/mol. The second-order valence-corrected chi connectivity index (χ2v) is 7.95. The predicted octanol–water partition coefficient (Wildman–Crippen LogP) is 3.94. The number of rotatable bonds is 7. The third-order valence-electron chi connectivity index (χ3n) is 4.66. The van der Waals surface area contributed by atoms with Gasteiger partial charge in [-0.2, -0.15) is 0 Å². The molecule has 28 heavy (non-hydrogen) atoms. The van der Waals surface area contributed by atoms with E-state index in [0.29, 0.717) is 6.61 Å². The summed E-state index contributed by atoms with van der Waals surface area (Å²) in [5, 5.41) is 2.13. The van der Waals surface area contributed by atoms with Gasteiger partial charge in [-0.05, 0) is 30.7 Å². The lowest BCUT2D eigenvalue weighted by atomic mass is 10.2. The Morgan fingerprint density at radius 2 is 1.93 bits per heavy atom. The molecule has 0 bridgehead atoms. The van der Waals surface area contributed by atoms with Crippen LogP contribution in [0.5, 0.6) is 5.75 Å². The summed E-state index contributed by atoms with van der Waals surface area (Å²) in [7, 11) is 0. The topological polar surface area (TPSA) is 47.5 Å². The fourth-order valence-electron chi connectivity index (χ4n) is 3.24. The van der Waals surface area contributed by atoms with E-state index in [9.17, 15) is 0 Å². The molecule has 1 aromatic heterocycles. The highest BCUT2D eigenvalue weighted by Gasteiger charge is 2.14. The summed E-state index contributed by atoms with van der Waals surface area (Å²) >= 11 is 1.73. The van der Waals surface area contributed by atoms with Crippen LogP contribution in [0.3, 0.4) is 0 Å². The molecule has 3 aromatic rings. The van der Waals surface area contributed by atoms with Gasteiger partial charge in [-0.3, -0.25) is 4.90 Å². The van der Waals surface area contributed by atoms with E-state index >= 15 is 0 Å². The fourth-order valence-corrected chi connectivity index (χ4v) is 4.09. The average Bonchev–Trinajstić information content (AvgIpc) is 2.72. The van der Waals surface area contributed by atoms with Crippen LogP contribution in [0.4, 0.5) is 0 Å². The second kappa shape index (κ2) is 9.37. The number of benzene rings is 2. The molecule has 5 nitrogen and oxygen atoms in total. The molecule has 6 heteroatoms. The fraction of sp³-hybridized carbons (Fsp3) is 0.364. The number of para-hydroxylation sites is 1. The molecule has 4 rings (SSSR count). The highest BCUT2D eigenvalue weighted by molar-refractivity contribution is 7.99. The minimum Gasteiger partial charge on any atom is -0.493 e. The van der Waals surface area contributed by atoms with Gasteiger partial charge in [0.2, 0.25) is 0 Å². The Balaban J connectivity index is 1.44. The molecule has 0 amide bonds. The number of hydrogen-bond donors (Lipinski definition) is 0. The van der Waals surface area contributed by atoms with Gasteiger partial charge in [-0.15, -0.1) is 11.8 Å². The number of aryl methyl sites for hydroxylation is 1. The van der Waals surface area contributed by atoms with Crippen molar-refractivity contribution in [1.29, 1.82) is 0 Å². The number of fused-ring (bicyclic) bond motifs is 1. The molecular formula is C22H25N3O2S. The van der Waals surface area contributed by atoms with Gasteiger partial charge >= 0.3 is 0 Å². The maximum atomic E-state index is 5.89. The van der Waals surface area contributed by atoms with Gasteiger partial charge in [0.25, 0.3) is 0 Å². The van der Waals surface area contributed by atoms with Crippen molar-refractivity contribution in [2.45, 2.75) is 18.5 Å². The van der Waals surface area contributed by atoms with Crippen LogP contribution in [0.1, 0.15) is 11.4 Å². The van der Waals surface area contributed by atoms with Crippen LogP contribution in [-0.2, 0) is 11.3 Å². The molecule has 1 fully saturated rings. The number of nitrogens with zero attached hydrogens (tertiary/aromatic N) is 3. The van der Waals surface area contributed by atoms with Crippen molar-refractivity contribution in [3.8, 4) is 5.75 Å². The van der Waals surface area contributed by atoms with Crippen LogP contribution in [0.25, 0.3) is 10.9 Å². The third-order valence-corrected chi connectivity index (χ3v) is 5.62. The maximum absolute atomic E-state index is 5.89. The Hall–Kier alpha value is -2.15. The molecule has 2 aromatic carbocycles. The number of ether oxygens (including phenoxy) is 2. The van der Waals surface area contributed by atoms with Gasteiger partial charge in [0, 0.05) is 24.2 Å². The summed E-state index contributed by atoms with van der Waals surface area (Å²) < 4.78 is 11.3. The Morgan fingerprint density at radius 1 is 1.07 bits per heavy atom. The van der Waals surface area contributed by atoms with Crippen LogP contribution >= 0.6 is 11.8 Å². The molecule has 0 unspecified atom stereocenters. The summed E-state index contributed by atoms with van der Waals surface area (Å²) in [5.74, 6) is 2.63. The molecule has 1 saturated heterocycles. The zero-order valence-electron chi connectivity index (χ0n) is 16.1. The quantitative estimate of drug-likeness (QED) is 0.343. The zero-order valence-corrected chi connectivity index (χ0v) is 17.0. The van der Waals surface area contributed by atoms with Crippen LogP contribution < -0.4 is 4.74 Å². The molecule has 0 atom stereocenters. The first kappa shape index (κ1) is 19.2.